The lowest BCUT2D eigenvalue weighted by Crippen LogP contribution is -2.36. The van der Waals surface area contributed by atoms with Gasteiger partial charge in [-0.15, -0.1) is 0 Å². The fraction of sp³-hybridized carbons (Fsp3) is 0.429. The Labute approximate surface area is 117 Å². The lowest BCUT2D eigenvalue weighted by atomic mass is 10.1. The van der Waals surface area contributed by atoms with Gasteiger partial charge in [-0.3, -0.25) is 4.98 Å². The van der Waals surface area contributed by atoms with Crippen LogP contribution in [-0.4, -0.2) is 28.2 Å². The van der Waals surface area contributed by atoms with E-state index in [9.17, 15) is 4.79 Å². The molecule has 2 heterocycles. The zero-order chi connectivity index (χ0) is 14.8. The van der Waals surface area contributed by atoms with Gasteiger partial charge in [-0.25, -0.2) is 4.79 Å². The number of aromatic amines is 1. The number of hydrogen-bond acceptors (Lipinski definition) is 4. The molecule has 0 fully saturated rings. The minimum atomic E-state index is -0.521. The molecule has 0 unspecified atom stereocenters. The number of aromatic nitrogens is 2. The summed E-state index contributed by atoms with van der Waals surface area (Å²) >= 11 is 0. The second kappa shape index (κ2) is 5.50. The Balaban J connectivity index is 2.00. The van der Waals surface area contributed by atoms with Crippen LogP contribution in [0.4, 0.5) is 4.79 Å². The molecule has 2 aromatic rings. The summed E-state index contributed by atoms with van der Waals surface area (Å²) in [5.41, 5.74) is 7.29. The molecular weight excluding hydrogens is 256 g/mol. The maximum absolute atomic E-state index is 11.6. The molecular formula is C14H20N4O2. The van der Waals surface area contributed by atoms with Crippen LogP contribution in [0.3, 0.4) is 0 Å². The highest BCUT2D eigenvalue weighted by Crippen LogP contribution is 2.19. The molecule has 0 saturated carbocycles. The Kier molecular flexibility index (Phi) is 3.94. The summed E-state index contributed by atoms with van der Waals surface area (Å²) in [6.07, 6.45) is 3.06. The second-order valence-corrected chi connectivity index (χ2v) is 5.62. The van der Waals surface area contributed by atoms with Gasteiger partial charge in [-0.1, -0.05) is 0 Å². The number of H-pyrrole nitrogens is 1. The monoisotopic (exact) mass is 276 g/mol. The van der Waals surface area contributed by atoms with Crippen LogP contribution in [0.25, 0.3) is 10.9 Å². The van der Waals surface area contributed by atoms with Crippen LogP contribution >= 0.6 is 0 Å². The molecule has 6 heteroatoms. The Morgan fingerprint density at radius 1 is 1.50 bits per heavy atom. The highest BCUT2D eigenvalue weighted by molar-refractivity contribution is 5.81. The lowest BCUT2D eigenvalue weighted by Gasteiger charge is -2.20. The van der Waals surface area contributed by atoms with Crippen molar-refractivity contribution in [1.82, 2.24) is 15.3 Å². The van der Waals surface area contributed by atoms with E-state index < -0.39 is 11.7 Å². The normalized spacial score (nSPS) is 13.2. The molecule has 0 aromatic carbocycles. The zero-order valence-electron chi connectivity index (χ0n) is 11.9. The van der Waals surface area contributed by atoms with E-state index in [1.165, 1.54) is 0 Å². The number of nitrogens with zero attached hydrogens (tertiary/aromatic N) is 1. The molecule has 4 N–H and O–H groups in total. The summed E-state index contributed by atoms with van der Waals surface area (Å²) in [6.45, 7) is 5.71. The molecule has 1 atom stereocenters. The van der Waals surface area contributed by atoms with E-state index in [2.05, 4.69) is 15.3 Å². The van der Waals surface area contributed by atoms with Crippen molar-refractivity contribution in [2.45, 2.75) is 32.4 Å². The number of carbonyl (C=O) groups is 1. The van der Waals surface area contributed by atoms with Gasteiger partial charge in [0, 0.05) is 29.8 Å². The third-order valence-corrected chi connectivity index (χ3v) is 2.73. The van der Waals surface area contributed by atoms with Gasteiger partial charge in [0.1, 0.15) is 5.60 Å². The number of nitrogens with one attached hydrogen (secondary N) is 2. The molecule has 0 spiro atoms. The minimum Gasteiger partial charge on any atom is -0.444 e. The Bertz CT molecular complexity index is 600. The van der Waals surface area contributed by atoms with E-state index in [1.54, 1.807) is 6.20 Å². The Morgan fingerprint density at radius 3 is 2.95 bits per heavy atom. The fourth-order valence-corrected chi connectivity index (χ4v) is 1.90. The third-order valence-electron chi connectivity index (χ3n) is 2.73. The van der Waals surface area contributed by atoms with Crippen LogP contribution in [-0.2, 0) is 4.74 Å². The van der Waals surface area contributed by atoms with Gasteiger partial charge in [0.05, 0.1) is 11.7 Å². The number of hydrogen-bond donors (Lipinski definition) is 3. The number of alkyl carbamates (subject to hydrolysis) is 1. The molecule has 0 aliphatic rings. The predicted molar refractivity (Wildman–Crippen MR) is 77.3 cm³/mol. The number of nitrogens with two attached hydrogens (primary N) is 1. The van der Waals surface area contributed by atoms with E-state index in [0.717, 1.165) is 16.6 Å². The zero-order valence-corrected chi connectivity index (χ0v) is 11.9. The number of fused-ring (bicyclic) bond motifs is 1. The quantitative estimate of drug-likeness (QED) is 0.800. The van der Waals surface area contributed by atoms with Crippen molar-refractivity contribution in [2.75, 3.05) is 6.54 Å². The first-order valence-corrected chi connectivity index (χ1v) is 6.51. The van der Waals surface area contributed by atoms with Crippen molar-refractivity contribution in [1.29, 1.82) is 0 Å². The standard InChI is InChI=1S/C14H20N4O2/c1-14(2,3)20-13(19)18-8-10(15)12-9-4-6-16-11(9)5-7-17-12/h4-7,10,16H,8,15H2,1-3H3,(H,18,19)/t10-/m0/s1. The minimum absolute atomic E-state index is 0.270. The molecule has 6 nitrogen and oxygen atoms in total. The van der Waals surface area contributed by atoms with Gasteiger partial charge in [0.25, 0.3) is 0 Å². The largest absolute Gasteiger partial charge is 0.444 e. The topological polar surface area (TPSA) is 93.0 Å². The molecule has 1 amide bonds. The maximum Gasteiger partial charge on any atom is 0.407 e. The average Bonchev–Trinajstić information content (AvgIpc) is 2.81. The summed E-state index contributed by atoms with van der Waals surface area (Å²) in [6, 6.07) is 3.42. The molecule has 0 bridgehead atoms. The van der Waals surface area contributed by atoms with Crippen molar-refractivity contribution in [3.63, 3.8) is 0 Å². The van der Waals surface area contributed by atoms with Crippen LogP contribution in [0.5, 0.6) is 0 Å². The van der Waals surface area contributed by atoms with Gasteiger partial charge in [-0.05, 0) is 32.9 Å². The van der Waals surface area contributed by atoms with Crippen LogP contribution in [0.15, 0.2) is 24.5 Å². The summed E-state index contributed by atoms with van der Waals surface area (Å²) in [7, 11) is 0. The van der Waals surface area contributed by atoms with Crippen LogP contribution < -0.4 is 11.1 Å². The SMILES string of the molecule is CC(C)(C)OC(=O)NC[C@H](N)c1nccc2[nH]ccc12. The molecule has 0 aliphatic heterocycles. The van der Waals surface area contributed by atoms with E-state index in [0.29, 0.717) is 0 Å². The van der Waals surface area contributed by atoms with Gasteiger partial charge < -0.3 is 20.8 Å². The molecule has 2 rings (SSSR count). The average molecular weight is 276 g/mol. The van der Waals surface area contributed by atoms with Crippen LogP contribution in [0.1, 0.15) is 32.5 Å². The second-order valence-electron chi connectivity index (χ2n) is 5.62. The van der Waals surface area contributed by atoms with Gasteiger partial charge in [0.2, 0.25) is 0 Å². The van der Waals surface area contributed by atoms with E-state index in [4.69, 9.17) is 10.5 Å². The fourth-order valence-electron chi connectivity index (χ4n) is 1.90. The van der Waals surface area contributed by atoms with E-state index in [-0.39, 0.29) is 12.6 Å². The summed E-state index contributed by atoms with van der Waals surface area (Å²) in [5, 5.41) is 3.62. The van der Waals surface area contributed by atoms with E-state index >= 15 is 0 Å². The molecule has 0 saturated heterocycles. The Hall–Kier alpha value is -2.08. The first-order valence-electron chi connectivity index (χ1n) is 6.51. The van der Waals surface area contributed by atoms with Crippen molar-refractivity contribution in [3.05, 3.63) is 30.2 Å². The summed E-state index contributed by atoms with van der Waals surface area (Å²) < 4.78 is 5.16. The molecule has 20 heavy (non-hydrogen) atoms. The smallest absolute Gasteiger partial charge is 0.407 e. The number of carbonyl (C=O) groups excluding carboxylic acids is 1. The third kappa shape index (κ3) is 3.48. The highest BCUT2D eigenvalue weighted by Gasteiger charge is 2.18. The van der Waals surface area contributed by atoms with Gasteiger partial charge in [-0.2, -0.15) is 0 Å². The van der Waals surface area contributed by atoms with E-state index in [1.807, 2.05) is 39.1 Å². The van der Waals surface area contributed by atoms with Gasteiger partial charge >= 0.3 is 6.09 Å². The first kappa shape index (κ1) is 14.3. The number of amides is 1. The van der Waals surface area contributed by atoms with Crippen LogP contribution in [0.2, 0.25) is 0 Å². The number of rotatable bonds is 3. The van der Waals surface area contributed by atoms with Crippen molar-refractivity contribution >= 4 is 17.0 Å². The lowest BCUT2D eigenvalue weighted by molar-refractivity contribution is 0.0524. The Morgan fingerprint density at radius 2 is 2.25 bits per heavy atom. The van der Waals surface area contributed by atoms with Crippen LogP contribution in [0, 0.1) is 0 Å². The van der Waals surface area contributed by atoms with Crippen molar-refractivity contribution < 1.29 is 9.53 Å². The first-order chi connectivity index (χ1) is 9.37. The van der Waals surface area contributed by atoms with Crippen molar-refractivity contribution in [2.24, 2.45) is 5.73 Å². The molecule has 2 aromatic heterocycles. The number of pyridine rings is 1. The maximum atomic E-state index is 11.6. The predicted octanol–water partition coefficient (Wildman–Crippen LogP) is 2.09. The number of ether oxygens (including phenoxy) is 1. The van der Waals surface area contributed by atoms with Crippen molar-refractivity contribution in [3.8, 4) is 0 Å². The molecule has 0 aliphatic carbocycles. The highest BCUT2D eigenvalue weighted by atomic mass is 16.6. The molecule has 108 valence electrons. The van der Waals surface area contributed by atoms with Gasteiger partial charge in [0.15, 0.2) is 0 Å². The summed E-state index contributed by atoms with van der Waals surface area (Å²) in [4.78, 5) is 19.0. The molecule has 0 radical (unpaired) electrons. The summed E-state index contributed by atoms with van der Waals surface area (Å²) in [5.74, 6) is 0.